The van der Waals surface area contributed by atoms with E-state index in [1.165, 1.54) is 25.7 Å². The molecule has 0 amide bonds. The van der Waals surface area contributed by atoms with Crippen LogP contribution in [-0.4, -0.2) is 0 Å². The van der Waals surface area contributed by atoms with E-state index in [9.17, 15) is 4.39 Å². The van der Waals surface area contributed by atoms with E-state index in [-0.39, 0.29) is 16.9 Å². The van der Waals surface area contributed by atoms with Gasteiger partial charge in [0.2, 0.25) is 0 Å². The third-order valence-electron chi connectivity index (χ3n) is 3.69. The molecule has 0 bridgehead atoms. The van der Waals surface area contributed by atoms with Crippen LogP contribution in [0.3, 0.4) is 0 Å². The molecule has 1 aliphatic rings. The van der Waals surface area contributed by atoms with E-state index < -0.39 is 0 Å². The van der Waals surface area contributed by atoms with Crippen LogP contribution in [0, 0.1) is 11.7 Å². The zero-order valence-electron chi connectivity index (χ0n) is 10.1. The summed E-state index contributed by atoms with van der Waals surface area (Å²) in [5.41, 5.74) is 3.27. The molecule has 5 heteroatoms. The molecule has 2 nitrogen and oxygen atoms in total. The SMILES string of the molecule is NNC(CC1CCCC1)c1ccc(Br)c(Cl)c1F. The first-order chi connectivity index (χ1) is 8.63. The lowest BCUT2D eigenvalue weighted by molar-refractivity contribution is 0.390. The van der Waals surface area contributed by atoms with Gasteiger partial charge in [-0.25, -0.2) is 4.39 Å². The van der Waals surface area contributed by atoms with Crippen molar-refractivity contribution >= 4 is 27.5 Å². The summed E-state index contributed by atoms with van der Waals surface area (Å²) in [6.07, 6.45) is 5.83. The molecule has 1 aromatic rings. The molecule has 1 atom stereocenters. The number of nitrogens with two attached hydrogens (primary N) is 1. The monoisotopic (exact) mass is 334 g/mol. The molecule has 0 aliphatic heterocycles. The maximum absolute atomic E-state index is 14.1. The summed E-state index contributed by atoms with van der Waals surface area (Å²) in [7, 11) is 0. The van der Waals surface area contributed by atoms with Gasteiger partial charge >= 0.3 is 0 Å². The van der Waals surface area contributed by atoms with Gasteiger partial charge in [-0.3, -0.25) is 11.3 Å². The Morgan fingerprint density at radius 3 is 2.72 bits per heavy atom. The zero-order valence-corrected chi connectivity index (χ0v) is 12.4. The number of hydrogen-bond donors (Lipinski definition) is 2. The highest BCUT2D eigenvalue weighted by molar-refractivity contribution is 9.10. The Labute approximate surface area is 120 Å². The Bertz CT molecular complexity index is 422. The summed E-state index contributed by atoms with van der Waals surface area (Å²) < 4.78 is 14.7. The second kappa shape index (κ2) is 6.33. The van der Waals surface area contributed by atoms with Crippen LogP contribution in [0.4, 0.5) is 4.39 Å². The number of benzene rings is 1. The lowest BCUT2D eigenvalue weighted by Crippen LogP contribution is -2.30. The molecule has 0 saturated heterocycles. The standard InChI is InChI=1S/C13H17BrClFN2/c14-10-6-5-9(13(16)12(10)15)11(18-17)7-8-3-1-2-4-8/h5-6,8,11,18H,1-4,7,17H2. The average molecular weight is 336 g/mol. The fourth-order valence-electron chi connectivity index (χ4n) is 2.67. The van der Waals surface area contributed by atoms with Gasteiger partial charge in [-0.15, -0.1) is 0 Å². The van der Waals surface area contributed by atoms with E-state index in [2.05, 4.69) is 21.4 Å². The molecule has 1 unspecified atom stereocenters. The molecular weight excluding hydrogens is 319 g/mol. The van der Waals surface area contributed by atoms with Crippen molar-refractivity contribution in [1.29, 1.82) is 0 Å². The van der Waals surface area contributed by atoms with Crippen LogP contribution in [0.15, 0.2) is 16.6 Å². The van der Waals surface area contributed by atoms with E-state index in [0.717, 1.165) is 6.42 Å². The first-order valence-electron chi connectivity index (χ1n) is 6.23. The highest BCUT2D eigenvalue weighted by Crippen LogP contribution is 2.36. The van der Waals surface area contributed by atoms with Crippen molar-refractivity contribution in [3.05, 3.63) is 33.0 Å². The first kappa shape index (κ1) is 14.3. The Morgan fingerprint density at radius 1 is 1.44 bits per heavy atom. The summed E-state index contributed by atoms with van der Waals surface area (Å²) >= 11 is 9.13. The highest BCUT2D eigenvalue weighted by Gasteiger charge is 2.23. The van der Waals surface area contributed by atoms with E-state index in [4.69, 9.17) is 17.4 Å². The smallest absolute Gasteiger partial charge is 0.147 e. The molecule has 1 saturated carbocycles. The Morgan fingerprint density at radius 2 is 2.11 bits per heavy atom. The molecule has 1 fully saturated rings. The van der Waals surface area contributed by atoms with Crippen LogP contribution in [0.1, 0.15) is 43.7 Å². The van der Waals surface area contributed by atoms with Crippen molar-refractivity contribution in [2.24, 2.45) is 11.8 Å². The molecule has 0 aromatic heterocycles. The molecular formula is C13H17BrClFN2. The minimum absolute atomic E-state index is 0.124. The average Bonchev–Trinajstić information content (AvgIpc) is 2.87. The highest BCUT2D eigenvalue weighted by atomic mass is 79.9. The number of hydrogen-bond acceptors (Lipinski definition) is 2. The van der Waals surface area contributed by atoms with Gasteiger partial charge in [0.05, 0.1) is 5.02 Å². The third kappa shape index (κ3) is 3.05. The summed E-state index contributed by atoms with van der Waals surface area (Å²) in [5, 5.41) is 0.124. The number of nitrogens with one attached hydrogen (secondary N) is 1. The number of hydrazine groups is 1. The van der Waals surface area contributed by atoms with Crippen LogP contribution in [0.2, 0.25) is 5.02 Å². The van der Waals surface area contributed by atoms with E-state index >= 15 is 0 Å². The molecule has 2 rings (SSSR count). The van der Waals surface area contributed by atoms with Crippen LogP contribution < -0.4 is 11.3 Å². The molecule has 0 spiro atoms. The number of halogens is 3. The van der Waals surface area contributed by atoms with Crippen LogP contribution in [-0.2, 0) is 0 Å². The fraction of sp³-hybridized carbons (Fsp3) is 0.538. The predicted octanol–water partition coefficient (Wildman–Crippen LogP) is 4.33. The molecule has 100 valence electrons. The summed E-state index contributed by atoms with van der Waals surface area (Å²) in [6.45, 7) is 0. The first-order valence-corrected chi connectivity index (χ1v) is 7.40. The zero-order chi connectivity index (χ0) is 13.1. The third-order valence-corrected chi connectivity index (χ3v) is 4.94. The largest absolute Gasteiger partial charge is 0.271 e. The van der Waals surface area contributed by atoms with Crippen molar-refractivity contribution in [2.45, 2.75) is 38.1 Å². The van der Waals surface area contributed by atoms with Crippen molar-refractivity contribution in [3.8, 4) is 0 Å². The second-order valence-corrected chi connectivity index (χ2v) is 6.10. The van der Waals surface area contributed by atoms with Gasteiger partial charge in [-0.2, -0.15) is 0 Å². The van der Waals surface area contributed by atoms with Gasteiger partial charge in [-0.05, 0) is 34.3 Å². The lowest BCUT2D eigenvalue weighted by Gasteiger charge is -2.21. The minimum Gasteiger partial charge on any atom is -0.271 e. The topological polar surface area (TPSA) is 38.0 Å². The van der Waals surface area contributed by atoms with Gasteiger partial charge < -0.3 is 0 Å². The minimum atomic E-state index is -0.382. The van der Waals surface area contributed by atoms with Crippen molar-refractivity contribution in [3.63, 3.8) is 0 Å². The summed E-state index contributed by atoms with van der Waals surface area (Å²) in [4.78, 5) is 0. The van der Waals surface area contributed by atoms with Crippen molar-refractivity contribution < 1.29 is 4.39 Å². The van der Waals surface area contributed by atoms with Crippen molar-refractivity contribution in [2.75, 3.05) is 0 Å². The van der Waals surface area contributed by atoms with Crippen LogP contribution in [0.25, 0.3) is 0 Å². The van der Waals surface area contributed by atoms with E-state index in [0.29, 0.717) is 16.0 Å². The number of rotatable bonds is 4. The summed E-state index contributed by atoms with van der Waals surface area (Å²) in [5.74, 6) is 5.82. The molecule has 18 heavy (non-hydrogen) atoms. The molecule has 0 heterocycles. The molecule has 1 aromatic carbocycles. The predicted molar refractivity (Wildman–Crippen MR) is 75.7 cm³/mol. The normalized spacial score (nSPS) is 18.2. The second-order valence-electron chi connectivity index (χ2n) is 4.87. The van der Waals surface area contributed by atoms with Gasteiger partial charge in [0.25, 0.3) is 0 Å². The lowest BCUT2D eigenvalue weighted by atomic mass is 9.94. The van der Waals surface area contributed by atoms with Gasteiger partial charge in [0, 0.05) is 16.1 Å². The fourth-order valence-corrected chi connectivity index (χ4v) is 3.15. The molecule has 1 aliphatic carbocycles. The Balaban J connectivity index is 2.18. The quantitative estimate of drug-likeness (QED) is 0.488. The van der Waals surface area contributed by atoms with E-state index in [1.807, 2.05) is 0 Å². The maximum atomic E-state index is 14.1. The maximum Gasteiger partial charge on any atom is 0.147 e. The van der Waals surface area contributed by atoms with Crippen LogP contribution in [0.5, 0.6) is 0 Å². The van der Waals surface area contributed by atoms with Crippen LogP contribution >= 0.6 is 27.5 Å². The summed E-state index contributed by atoms with van der Waals surface area (Å²) in [6, 6.07) is 3.34. The van der Waals surface area contributed by atoms with Gasteiger partial charge in [0.1, 0.15) is 5.82 Å². The van der Waals surface area contributed by atoms with Gasteiger partial charge in [-0.1, -0.05) is 43.4 Å². The van der Waals surface area contributed by atoms with E-state index in [1.54, 1.807) is 12.1 Å². The molecule has 0 radical (unpaired) electrons. The van der Waals surface area contributed by atoms with Gasteiger partial charge in [0.15, 0.2) is 0 Å². The van der Waals surface area contributed by atoms with Crippen molar-refractivity contribution in [1.82, 2.24) is 5.43 Å². The molecule has 3 N–H and O–H groups in total. The Kier molecular flexibility index (Phi) is 5.01. The Hall–Kier alpha value is -0.160.